The Morgan fingerprint density at radius 1 is 1.47 bits per heavy atom. The molecule has 0 heterocycles. The molecule has 1 aromatic rings. The minimum atomic E-state index is -2.73. The molecule has 1 aromatic carbocycles. The molecule has 0 unspecified atom stereocenters. The van der Waals surface area contributed by atoms with E-state index in [1.54, 1.807) is 0 Å². The molecule has 1 aliphatic carbocycles. The van der Waals surface area contributed by atoms with Crippen LogP contribution in [0.4, 0.5) is 14.5 Å². The van der Waals surface area contributed by atoms with Gasteiger partial charge in [0.05, 0.1) is 18.1 Å². The van der Waals surface area contributed by atoms with Gasteiger partial charge in [-0.15, -0.1) is 0 Å². The number of hydrogen-bond acceptors (Lipinski definition) is 4. The van der Waals surface area contributed by atoms with Crippen LogP contribution in [0.3, 0.4) is 0 Å². The molecule has 5 nitrogen and oxygen atoms in total. The summed E-state index contributed by atoms with van der Waals surface area (Å²) in [7, 11) is 1.35. The number of rotatable bonds is 4. The molecular formula is C12H14F2N2O3. The standard InChI is InChI=1S/C12H14F2N2O3/c1-19-10-4-8(16(17)18)2-3-9(10)11(7-15)5-12(13,14)6-11/h2-4H,5-7,15H2,1H3. The van der Waals surface area contributed by atoms with Gasteiger partial charge in [-0.3, -0.25) is 10.1 Å². The normalized spacial score (nSPS) is 19.6. The maximum atomic E-state index is 13.1. The first kappa shape index (κ1) is 13.7. The monoisotopic (exact) mass is 272 g/mol. The van der Waals surface area contributed by atoms with Crippen LogP contribution >= 0.6 is 0 Å². The van der Waals surface area contributed by atoms with E-state index in [1.807, 2.05) is 0 Å². The molecule has 2 N–H and O–H groups in total. The van der Waals surface area contributed by atoms with E-state index in [0.717, 1.165) is 0 Å². The summed E-state index contributed by atoms with van der Waals surface area (Å²) in [6.07, 6.45) is -0.713. The summed E-state index contributed by atoms with van der Waals surface area (Å²) in [5, 5.41) is 10.7. The van der Waals surface area contributed by atoms with Gasteiger partial charge in [-0.2, -0.15) is 0 Å². The predicted molar refractivity (Wildman–Crippen MR) is 64.6 cm³/mol. The van der Waals surface area contributed by atoms with E-state index in [9.17, 15) is 18.9 Å². The lowest BCUT2D eigenvalue weighted by molar-refractivity contribution is -0.385. The van der Waals surface area contributed by atoms with Crippen LogP contribution in [0.5, 0.6) is 5.75 Å². The maximum Gasteiger partial charge on any atom is 0.273 e. The van der Waals surface area contributed by atoms with Crippen molar-refractivity contribution in [2.24, 2.45) is 5.73 Å². The largest absolute Gasteiger partial charge is 0.496 e. The van der Waals surface area contributed by atoms with E-state index < -0.39 is 16.3 Å². The van der Waals surface area contributed by atoms with Crippen molar-refractivity contribution in [3.8, 4) is 5.75 Å². The lowest BCUT2D eigenvalue weighted by atomic mass is 9.62. The number of nitro groups is 1. The Kier molecular flexibility index (Phi) is 3.17. The number of non-ortho nitro benzene ring substituents is 1. The van der Waals surface area contributed by atoms with Crippen molar-refractivity contribution in [2.75, 3.05) is 13.7 Å². The number of methoxy groups -OCH3 is 1. The summed E-state index contributed by atoms with van der Waals surface area (Å²) in [6, 6.07) is 3.98. The molecule has 0 atom stereocenters. The number of halogens is 2. The summed E-state index contributed by atoms with van der Waals surface area (Å²) in [4.78, 5) is 10.1. The molecule has 2 rings (SSSR count). The van der Waals surface area contributed by atoms with E-state index >= 15 is 0 Å². The number of ether oxygens (including phenoxy) is 1. The Balaban J connectivity index is 2.42. The second-order valence-corrected chi connectivity index (χ2v) is 4.84. The second-order valence-electron chi connectivity index (χ2n) is 4.84. The number of nitrogens with zero attached hydrogens (tertiary/aromatic N) is 1. The highest BCUT2D eigenvalue weighted by Crippen LogP contribution is 2.55. The quantitative estimate of drug-likeness (QED) is 0.673. The number of nitro benzene ring substituents is 1. The molecule has 1 saturated carbocycles. The number of benzene rings is 1. The highest BCUT2D eigenvalue weighted by Gasteiger charge is 2.57. The Morgan fingerprint density at radius 3 is 2.53 bits per heavy atom. The van der Waals surface area contributed by atoms with Crippen molar-refractivity contribution in [2.45, 2.75) is 24.2 Å². The highest BCUT2D eigenvalue weighted by atomic mass is 19.3. The summed E-state index contributed by atoms with van der Waals surface area (Å²) < 4.78 is 31.4. The number of nitrogens with two attached hydrogens (primary N) is 1. The Morgan fingerprint density at radius 2 is 2.11 bits per heavy atom. The van der Waals surface area contributed by atoms with Gasteiger partial charge in [-0.1, -0.05) is 0 Å². The highest BCUT2D eigenvalue weighted by molar-refractivity contribution is 5.49. The van der Waals surface area contributed by atoms with Crippen molar-refractivity contribution < 1.29 is 18.4 Å². The first-order chi connectivity index (χ1) is 8.83. The molecule has 1 aliphatic rings. The zero-order valence-electron chi connectivity index (χ0n) is 10.4. The molecule has 0 saturated heterocycles. The van der Waals surface area contributed by atoms with Crippen LogP contribution in [0.1, 0.15) is 18.4 Å². The average Bonchev–Trinajstić information content (AvgIpc) is 2.34. The zero-order valence-corrected chi connectivity index (χ0v) is 10.4. The van der Waals surface area contributed by atoms with Crippen LogP contribution in [0.15, 0.2) is 18.2 Å². The molecular weight excluding hydrogens is 258 g/mol. The molecule has 0 amide bonds. The van der Waals surface area contributed by atoms with E-state index in [0.29, 0.717) is 5.56 Å². The van der Waals surface area contributed by atoms with Crippen molar-refractivity contribution in [3.05, 3.63) is 33.9 Å². The lowest BCUT2D eigenvalue weighted by Crippen LogP contribution is -2.53. The van der Waals surface area contributed by atoms with Crippen LogP contribution in [0.25, 0.3) is 0 Å². The van der Waals surface area contributed by atoms with Gasteiger partial charge >= 0.3 is 0 Å². The minimum absolute atomic E-state index is 0.0523. The molecule has 0 radical (unpaired) electrons. The van der Waals surface area contributed by atoms with Gasteiger partial charge in [0.15, 0.2) is 0 Å². The van der Waals surface area contributed by atoms with E-state index in [4.69, 9.17) is 10.5 Å². The van der Waals surface area contributed by atoms with Crippen molar-refractivity contribution in [1.82, 2.24) is 0 Å². The fourth-order valence-corrected chi connectivity index (χ4v) is 2.61. The predicted octanol–water partition coefficient (Wildman–Crippen LogP) is 2.23. The van der Waals surface area contributed by atoms with Gasteiger partial charge in [0.1, 0.15) is 5.75 Å². The van der Waals surface area contributed by atoms with Gasteiger partial charge in [0, 0.05) is 36.4 Å². The van der Waals surface area contributed by atoms with E-state index in [1.165, 1.54) is 25.3 Å². The minimum Gasteiger partial charge on any atom is -0.496 e. The van der Waals surface area contributed by atoms with Gasteiger partial charge in [0.2, 0.25) is 5.92 Å². The molecule has 0 aliphatic heterocycles. The zero-order chi connectivity index (χ0) is 14.3. The molecule has 0 spiro atoms. The van der Waals surface area contributed by atoms with E-state index in [-0.39, 0.29) is 30.8 Å². The summed E-state index contributed by atoms with van der Waals surface area (Å²) >= 11 is 0. The summed E-state index contributed by atoms with van der Waals surface area (Å²) in [5.74, 6) is -2.50. The fraction of sp³-hybridized carbons (Fsp3) is 0.500. The second kappa shape index (κ2) is 4.41. The Hall–Kier alpha value is -1.76. The van der Waals surface area contributed by atoms with Gasteiger partial charge in [0.25, 0.3) is 5.69 Å². The van der Waals surface area contributed by atoms with Crippen LogP contribution in [0, 0.1) is 10.1 Å². The molecule has 0 bridgehead atoms. The summed E-state index contributed by atoms with van der Waals surface area (Å²) in [5.41, 5.74) is 5.13. The first-order valence-corrected chi connectivity index (χ1v) is 5.74. The Labute approximate surface area is 108 Å². The molecule has 104 valence electrons. The number of hydrogen-bond donors (Lipinski definition) is 1. The van der Waals surface area contributed by atoms with Crippen molar-refractivity contribution >= 4 is 5.69 Å². The van der Waals surface area contributed by atoms with E-state index in [2.05, 4.69) is 0 Å². The Bertz CT molecular complexity index is 512. The third-order valence-corrected chi connectivity index (χ3v) is 3.55. The number of alkyl halides is 2. The molecule has 7 heteroatoms. The topological polar surface area (TPSA) is 78.4 Å². The van der Waals surface area contributed by atoms with Gasteiger partial charge < -0.3 is 10.5 Å². The van der Waals surface area contributed by atoms with Crippen LogP contribution in [-0.4, -0.2) is 24.5 Å². The first-order valence-electron chi connectivity index (χ1n) is 5.74. The maximum absolute atomic E-state index is 13.1. The fourth-order valence-electron chi connectivity index (χ4n) is 2.61. The molecule has 0 aromatic heterocycles. The summed E-state index contributed by atoms with van der Waals surface area (Å²) in [6.45, 7) is 0.0523. The third-order valence-electron chi connectivity index (χ3n) is 3.55. The average molecular weight is 272 g/mol. The molecule has 19 heavy (non-hydrogen) atoms. The van der Waals surface area contributed by atoms with Crippen LogP contribution in [0.2, 0.25) is 0 Å². The molecule has 1 fully saturated rings. The van der Waals surface area contributed by atoms with Gasteiger partial charge in [-0.05, 0) is 6.07 Å². The third kappa shape index (κ3) is 2.25. The van der Waals surface area contributed by atoms with Crippen LogP contribution in [-0.2, 0) is 5.41 Å². The SMILES string of the molecule is COc1cc([N+](=O)[O-])ccc1C1(CN)CC(F)(F)C1. The van der Waals surface area contributed by atoms with Gasteiger partial charge in [-0.25, -0.2) is 8.78 Å². The van der Waals surface area contributed by atoms with Crippen molar-refractivity contribution in [3.63, 3.8) is 0 Å². The van der Waals surface area contributed by atoms with Crippen molar-refractivity contribution in [1.29, 1.82) is 0 Å². The van der Waals surface area contributed by atoms with Crippen LogP contribution < -0.4 is 10.5 Å². The smallest absolute Gasteiger partial charge is 0.273 e. The lowest BCUT2D eigenvalue weighted by Gasteiger charge is -2.47.